The minimum Gasteiger partial charge on any atom is -0.319 e. The van der Waals surface area contributed by atoms with Crippen molar-refractivity contribution in [3.63, 3.8) is 0 Å². The van der Waals surface area contributed by atoms with Gasteiger partial charge in [-0.15, -0.1) is 0 Å². The van der Waals surface area contributed by atoms with Gasteiger partial charge in [0.2, 0.25) is 0 Å². The van der Waals surface area contributed by atoms with Crippen molar-refractivity contribution in [3.8, 4) is 0 Å². The average molecular weight is 307 g/mol. The number of amides is 1. The molecular formula is C14H17N3O3S. The Morgan fingerprint density at radius 3 is 2.62 bits per heavy atom. The molecule has 2 aromatic rings. The number of sulfone groups is 1. The maximum absolute atomic E-state index is 12.3. The summed E-state index contributed by atoms with van der Waals surface area (Å²) in [6, 6.07) is 7.99. The molecule has 2 rings (SSSR count). The van der Waals surface area contributed by atoms with Crippen molar-refractivity contribution in [2.45, 2.75) is 25.3 Å². The number of anilines is 1. The molecule has 112 valence electrons. The van der Waals surface area contributed by atoms with Crippen LogP contribution in [0.2, 0.25) is 0 Å². The molecule has 0 bridgehead atoms. The van der Waals surface area contributed by atoms with E-state index >= 15 is 0 Å². The van der Waals surface area contributed by atoms with Gasteiger partial charge < -0.3 is 5.32 Å². The molecule has 0 aliphatic carbocycles. The number of hydrogen-bond acceptors (Lipinski definition) is 4. The highest BCUT2D eigenvalue weighted by atomic mass is 32.2. The summed E-state index contributed by atoms with van der Waals surface area (Å²) in [7, 11) is -3.41. The maximum atomic E-state index is 12.3. The highest BCUT2D eigenvalue weighted by Crippen LogP contribution is 2.21. The molecule has 0 aliphatic rings. The Kier molecular flexibility index (Phi) is 4.13. The van der Waals surface area contributed by atoms with Crippen molar-refractivity contribution >= 4 is 21.4 Å². The lowest BCUT2D eigenvalue weighted by atomic mass is 10.3. The van der Waals surface area contributed by atoms with E-state index in [4.69, 9.17) is 0 Å². The van der Waals surface area contributed by atoms with Crippen LogP contribution in [0.3, 0.4) is 0 Å². The lowest BCUT2D eigenvalue weighted by molar-refractivity contribution is 0.101. The zero-order chi connectivity index (χ0) is 15.6. The molecule has 7 heteroatoms. The van der Waals surface area contributed by atoms with E-state index < -0.39 is 9.84 Å². The summed E-state index contributed by atoms with van der Waals surface area (Å²) < 4.78 is 25.0. The molecule has 0 unspecified atom stereocenters. The van der Waals surface area contributed by atoms with Crippen LogP contribution in [0.1, 0.15) is 23.1 Å². The molecule has 0 spiro atoms. The Hall–Kier alpha value is -2.15. The monoisotopic (exact) mass is 307 g/mol. The van der Waals surface area contributed by atoms with Crippen molar-refractivity contribution < 1.29 is 13.2 Å². The smallest absolute Gasteiger partial charge is 0.273 e. The number of rotatable bonds is 4. The van der Waals surface area contributed by atoms with Gasteiger partial charge in [0.05, 0.1) is 16.3 Å². The van der Waals surface area contributed by atoms with Crippen LogP contribution >= 0.6 is 0 Å². The van der Waals surface area contributed by atoms with Crippen molar-refractivity contribution in [1.82, 2.24) is 9.78 Å². The minimum atomic E-state index is -3.41. The first kappa shape index (κ1) is 15.2. The maximum Gasteiger partial charge on any atom is 0.273 e. The van der Waals surface area contributed by atoms with Gasteiger partial charge in [0, 0.05) is 12.8 Å². The van der Waals surface area contributed by atoms with E-state index in [-0.39, 0.29) is 16.5 Å². The first-order valence-electron chi connectivity index (χ1n) is 6.48. The highest BCUT2D eigenvalue weighted by molar-refractivity contribution is 7.90. The molecule has 1 aromatic heterocycles. The van der Waals surface area contributed by atoms with E-state index in [9.17, 15) is 13.2 Å². The molecule has 0 fully saturated rings. The second-order valence-corrected chi connectivity index (χ2v) is 6.69. The summed E-state index contributed by atoms with van der Waals surface area (Å²) in [6.07, 6.45) is 1.11. The van der Waals surface area contributed by atoms with E-state index in [1.807, 2.05) is 6.92 Å². The van der Waals surface area contributed by atoms with Gasteiger partial charge in [-0.25, -0.2) is 8.42 Å². The number of hydrogen-bond donors (Lipinski definition) is 1. The van der Waals surface area contributed by atoms with E-state index in [2.05, 4.69) is 10.4 Å². The molecular weight excluding hydrogens is 290 g/mol. The van der Waals surface area contributed by atoms with Crippen molar-refractivity contribution in [1.29, 1.82) is 0 Å². The second kappa shape index (κ2) is 5.69. The predicted molar refractivity (Wildman–Crippen MR) is 80.1 cm³/mol. The summed E-state index contributed by atoms with van der Waals surface area (Å²) >= 11 is 0. The van der Waals surface area contributed by atoms with E-state index in [1.54, 1.807) is 35.9 Å². The normalized spacial score (nSPS) is 11.4. The Labute approximate surface area is 123 Å². The van der Waals surface area contributed by atoms with Crippen molar-refractivity contribution in [3.05, 3.63) is 41.7 Å². The average Bonchev–Trinajstić information content (AvgIpc) is 2.79. The summed E-state index contributed by atoms with van der Waals surface area (Å²) in [5.41, 5.74) is 1.41. The van der Waals surface area contributed by atoms with Gasteiger partial charge >= 0.3 is 0 Å². The zero-order valence-electron chi connectivity index (χ0n) is 12.1. The molecule has 1 aromatic carbocycles. The number of carbonyl (C=O) groups is 1. The number of aryl methyl sites for hydroxylation is 2. The summed E-state index contributed by atoms with van der Waals surface area (Å²) in [5.74, 6) is -0.381. The number of aromatic nitrogens is 2. The Morgan fingerprint density at radius 2 is 2.00 bits per heavy atom. The first-order valence-corrected chi connectivity index (χ1v) is 8.37. The van der Waals surface area contributed by atoms with Crippen LogP contribution in [0.15, 0.2) is 35.2 Å². The molecule has 0 atom stereocenters. The SMILES string of the molecule is CCn1nc(C)cc1C(=O)Nc1ccccc1S(C)(=O)=O. The van der Waals surface area contributed by atoms with Gasteiger partial charge in [0.25, 0.3) is 5.91 Å². The Balaban J connectivity index is 2.37. The van der Waals surface area contributed by atoms with Gasteiger partial charge in [-0.05, 0) is 32.0 Å². The third-order valence-electron chi connectivity index (χ3n) is 2.97. The number of nitrogens with one attached hydrogen (secondary N) is 1. The van der Waals surface area contributed by atoms with Crippen LogP contribution in [0.25, 0.3) is 0 Å². The van der Waals surface area contributed by atoms with E-state index in [1.165, 1.54) is 6.07 Å². The van der Waals surface area contributed by atoms with Crippen LogP contribution < -0.4 is 5.32 Å². The summed E-state index contributed by atoms with van der Waals surface area (Å²) in [4.78, 5) is 12.4. The quantitative estimate of drug-likeness (QED) is 0.935. The summed E-state index contributed by atoms with van der Waals surface area (Å²) in [6.45, 7) is 4.24. The van der Waals surface area contributed by atoms with Crippen molar-refractivity contribution in [2.75, 3.05) is 11.6 Å². The van der Waals surface area contributed by atoms with Crippen LogP contribution in [-0.4, -0.2) is 30.4 Å². The molecule has 21 heavy (non-hydrogen) atoms. The molecule has 1 heterocycles. The van der Waals surface area contributed by atoms with Crippen LogP contribution in [0.4, 0.5) is 5.69 Å². The van der Waals surface area contributed by atoms with Gasteiger partial charge in [-0.2, -0.15) is 5.10 Å². The molecule has 1 N–H and O–H groups in total. The molecule has 1 amide bonds. The van der Waals surface area contributed by atoms with Gasteiger partial charge in [0.15, 0.2) is 9.84 Å². The molecule has 0 radical (unpaired) electrons. The third kappa shape index (κ3) is 3.30. The number of nitrogens with zero attached hydrogens (tertiary/aromatic N) is 2. The van der Waals surface area contributed by atoms with E-state index in [0.717, 1.165) is 11.9 Å². The van der Waals surface area contributed by atoms with Gasteiger partial charge in [0.1, 0.15) is 5.69 Å². The second-order valence-electron chi connectivity index (χ2n) is 4.71. The largest absolute Gasteiger partial charge is 0.319 e. The fourth-order valence-corrected chi connectivity index (χ4v) is 2.89. The van der Waals surface area contributed by atoms with Crippen LogP contribution in [0.5, 0.6) is 0 Å². The number of benzene rings is 1. The lowest BCUT2D eigenvalue weighted by Crippen LogP contribution is -2.18. The molecule has 0 saturated heterocycles. The molecule has 0 aliphatic heterocycles. The van der Waals surface area contributed by atoms with Crippen LogP contribution in [-0.2, 0) is 16.4 Å². The number of carbonyl (C=O) groups excluding carboxylic acids is 1. The lowest BCUT2D eigenvalue weighted by Gasteiger charge is -2.10. The van der Waals surface area contributed by atoms with Gasteiger partial charge in [-0.3, -0.25) is 9.48 Å². The topological polar surface area (TPSA) is 81.1 Å². The van der Waals surface area contributed by atoms with Crippen molar-refractivity contribution in [2.24, 2.45) is 0 Å². The highest BCUT2D eigenvalue weighted by Gasteiger charge is 2.18. The minimum absolute atomic E-state index is 0.0950. The predicted octanol–water partition coefficient (Wildman–Crippen LogP) is 1.87. The first-order chi connectivity index (χ1) is 9.82. The van der Waals surface area contributed by atoms with Crippen LogP contribution in [0, 0.1) is 6.92 Å². The zero-order valence-corrected chi connectivity index (χ0v) is 12.9. The Morgan fingerprint density at radius 1 is 1.33 bits per heavy atom. The third-order valence-corrected chi connectivity index (χ3v) is 4.12. The fourth-order valence-electron chi connectivity index (χ4n) is 2.05. The molecule has 6 nitrogen and oxygen atoms in total. The fraction of sp³-hybridized carbons (Fsp3) is 0.286. The number of para-hydroxylation sites is 1. The Bertz CT molecular complexity index is 779. The van der Waals surface area contributed by atoms with Gasteiger partial charge in [-0.1, -0.05) is 12.1 Å². The standard InChI is InChI=1S/C14H17N3O3S/c1-4-17-12(9-10(2)16-17)14(18)15-11-7-5-6-8-13(11)21(3,19)20/h5-9H,4H2,1-3H3,(H,15,18). The van der Waals surface area contributed by atoms with E-state index in [0.29, 0.717) is 12.2 Å². The summed E-state index contributed by atoms with van der Waals surface area (Å²) in [5, 5.41) is 6.84. The molecule has 0 saturated carbocycles.